The molecule has 11 heteroatoms. The van der Waals surface area contributed by atoms with E-state index in [1.54, 1.807) is 19.2 Å². The summed E-state index contributed by atoms with van der Waals surface area (Å²) in [6.07, 6.45) is -2.45. The number of aliphatic hydroxyl groups is 3. The van der Waals surface area contributed by atoms with Crippen molar-refractivity contribution in [1.29, 1.82) is 0 Å². The number of carbonyl (C=O) groups is 1. The Kier molecular flexibility index (Phi) is 8.97. The van der Waals surface area contributed by atoms with Gasteiger partial charge in [0.2, 0.25) is 5.91 Å². The number of aliphatic hydroxyl groups excluding tert-OH is 3. The van der Waals surface area contributed by atoms with Crippen LogP contribution in [0.25, 0.3) is 0 Å². The number of rotatable bonds is 6. The summed E-state index contributed by atoms with van der Waals surface area (Å²) >= 11 is 7.58. The molecule has 35 heavy (non-hydrogen) atoms. The Bertz CT molecular complexity index is 882. The molecule has 1 amide bonds. The van der Waals surface area contributed by atoms with Gasteiger partial charge in [0, 0.05) is 19.1 Å². The molecule has 0 spiro atoms. The van der Waals surface area contributed by atoms with E-state index < -0.39 is 47.3 Å². The average molecular weight is 533 g/mol. The molecule has 0 aromatic heterocycles. The lowest BCUT2D eigenvalue weighted by atomic mass is 9.85. The van der Waals surface area contributed by atoms with Gasteiger partial charge in [0.25, 0.3) is 0 Å². The quantitative estimate of drug-likeness (QED) is 0.344. The highest BCUT2D eigenvalue weighted by Crippen LogP contribution is 2.37. The van der Waals surface area contributed by atoms with Crippen molar-refractivity contribution in [2.75, 3.05) is 19.4 Å². The first kappa shape index (κ1) is 27.1. The molecule has 3 heterocycles. The van der Waals surface area contributed by atoms with Gasteiger partial charge < -0.3 is 35.4 Å². The minimum atomic E-state index is -1.43. The van der Waals surface area contributed by atoms with Gasteiger partial charge in [-0.1, -0.05) is 18.2 Å². The van der Waals surface area contributed by atoms with Crippen LogP contribution in [-0.2, 0) is 14.3 Å². The summed E-state index contributed by atoms with van der Waals surface area (Å²) in [4.78, 5) is 13.4. The van der Waals surface area contributed by atoms with Gasteiger partial charge in [0.1, 0.15) is 41.7 Å². The molecule has 1 aromatic carbocycles. The largest absolute Gasteiger partial charge is 0.388 e. The summed E-state index contributed by atoms with van der Waals surface area (Å²) in [6.45, 7) is 2.63. The van der Waals surface area contributed by atoms with Crippen molar-refractivity contribution in [3.63, 3.8) is 0 Å². The lowest BCUT2D eigenvalue weighted by Gasteiger charge is -2.44. The Morgan fingerprint density at radius 2 is 2.00 bits per heavy atom. The number of amides is 1. The molecule has 11 atom stereocenters. The Balaban J connectivity index is 1.45. The van der Waals surface area contributed by atoms with E-state index in [4.69, 9.17) is 21.1 Å². The van der Waals surface area contributed by atoms with Gasteiger partial charge in [-0.3, -0.25) is 4.79 Å². The molecule has 4 rings (SSSR count). The van der Waals surface area contributed by atoms with E-state index in [1.165, 1.54) is 17.8 Å². The predicted molar refractivity (Wildman–Crippen MR) is 131 cm³/mol. The highest BCUT2D eigenvalue weighted by atomic mass is 35.5. The third kappa shape index (κ3) is 5.65. The molecular formula is C24H34ClFN2O6S. The van der Waals surface area contributed by atoms with E-state index in [0.29, 0.717) is 31.6 Å². The van der Waals surface area contributed by atoms with Crippen LogP contribution < -0.4 is 10.6 Å². The van der Waals surface area contributed by atoms with Crippen molar-refractivity contribution in [2.45, 2.75) is 79.1 Å². The first-order chi connectivity index (χ1) is 16.7. The number of nitrogens with one attached hydrogen (secondary N) is 2. The molecule has 0 radical (unpaired) electrons. The van der Waals surface area contributed by atoms with Crippen LogP contribution in [0.3, 0.4) is 0 Å². The predicted octanol–water partition coefficient (Wildman–Crippen LogP) is 0.959. The van der Waals surface area contributed by atoms with E-state index in [1.807, 2.05) is 12.1 Å². The number of ether oxygens (including phenoxy) is 2. The lowest BCUT2D eigenvalue weighted by Crippen LogP contribution is -2.65. The fraction of sp³-hybridized carbons (Fsp3) is 0.708. The maximum Gasteiger partial charge on any atom is 0.240 e. The van der Waals surface area contributed by atoms with E-state index in [9.17, 15) is 24.5 Å². The van der Waals surface area contributed by atoms with Crippen molar-refractivity contribution in [1.82, 2.24) is 10.6 Å². The van der Waals surface area contributed by atoms with Crippen molar-refractivity contribution in [3.05, 3.63) is 35.6 Å². The van der Waals surface area contributed by atoms with Crippen molar-refractivity contribution in [2.24, 2.45) is 5.92 Å². The number of hydrogen-bond donors (Lipinski definition) is 5. The first-order valence-electron chi connectivity index (χ1n) is 12.0. The van der Waals surface area contributed by atoms with E-state index >= 15 is 0 Å². The zero-order chi connectivity index (χ0) is 25.3. The van der Waals surface area contributed by atoms with Crippen LogP contribution >= 0.6 is 23.4 Å². The van der Waals surface area contributed by atoms with Crippen LogP contribution in [0, 0.1) is 11.7 Å². The van der Waals surface area contributed by atoms with Gasteiger partial charge in [-0.15, -0.1) is 23.4 Å². The molecule has 8 nitrogen and oxygen atoms in total. The zero-order valence-corrected chi connectivity index (χ0v) is 21.3. The number of thioether (sulfide) groups is 1. The van der Waals surface area contributed by atoms with E-state index in [-0.39, 0.29) is 29.7 Å². The second-order valence-electron chi connectivity index (χ2n) is 9.61. The van der Waals surface area contributed by atoms with Crippen molar-refractivity contribution in [3.8, 4) is 0 Å². The second-order valence-corrected chi connectivity index (χ2v) is 11.2. The first-order valence-corrected chi connectivity index (χ1v) is 13.7. The van der Waals surface area contributed by atoms with Gasteiger partial charge in [-0.25, -0.2) is 4.39 Å². The van der Waals surface area contributed by atoms with Crippen molar-refractivity contribution >= 4 is 29.3 Å². The van der Waals surface area contributed by atoms with Crippen LogP contribution in [0.4, 0.5) is 4.39 Å². The molecule has 3 aliphatic rings. The maximum absolute atomic E-state index is 14.4. The Labute approximate surface area is 213 Å². The van der Waals surface area contributed by atoms with E-state index in [2.05, 4.69) is 10.6 Å². The van der Waals surface area contributed by atoms with Gasteiger partial charge in [-0.05, 0) is 43.6 Å². The van der Waals surface area contributed by atoms with Crippen LogP contribution in [0.5, 0.6) is 0 Å². The lowest BCUT2D eigenvalue weighted by molar-refractivity contribution is -0.205. The Hall–Kier alpha value is -0.980. The fourth-order valence-corrected chi connectivity index (χ4v) is 6.36. The highest BCUT2D eigenvalue weighted by Gasteiger charge is 2.49. The average Bonchev–Trinajstić information content (AvgIpc) is 3.12. The SMILES string of the molecule is CSC1O[C@H]([C@H](NC(=O)[C@H]2NC[C@@H]3C[C@@H](c4ccccc4F)CCO[C@H]32)[C@H](C)Cl)C(O)C(O)[C@H]1O. The van der Waals surface area contributed by atoms with Crippen molar-refractivity contribution < 1.29 is 34.0 Å². The number of halogens is 2. The van der Waals surface area contributed by atoms with Gasteiger partial charge in [-0.2, -0.15) is 0 Å². The fourth-order valence-electron chi connectivity index (χ4n) is 5.47. The van der Waals surface area contributed by atoms with Crippen LogP contribution in [0.2, 0.25) is 0 Å². The van der Waals surface area contributed by atoms with Gasteiger partial charge >= 0.3 is 0 Å². The highest BCUT2D eigenvalue weighted by molar-refractivity contribution is 7.99. The Morgan fingerprint density at radius 1 is 1.26 bits per heavy atom. The molecule has 5 N–H and O–H groups in total. The summed E-state index contributed by atoms with van der Waals surface area (Å²) in [5.41, 5.74) is -0.101. The number of benzene rings is 1. The summed E-state index contributed by atoms with van der Waals surface area (Å²) in [7, 11) is 0. The summed E-state index contributed by atoms with van der Waals surface area (Å²) in [5, 5.41) is 36.5. The zero-order valence-electron chi connectivity index (χ0n) is 19.7. The van der Waals surface area contributed by atoms with Crippen LogP contribution in [0.1, 0.15) is 31.2 Å². The van der Waals surface area contributed by atoms with E-state index in [0.717, 1.165) is 0 Å². The smallest absolute Gasteiger partial charge is 0.240 e. The topological polar surface area (TPSA) is 120 Å². The van der Waals surface area contributed by atoms with Crippen LogP contribution in [-0.4, -0.2) is 94.1 Å². The standard InChI is InChI=1S/C24H34ClFN2O6S/c1-11(25)16(22-19(30)18(29)20(31)24(34-22)35-2)28-23(32)17-21-13(10-27-17)9-12(7-8-33-21)14-5-3-4-6-15(14)26/h3-6,11-13,16-22,24,27,29-31H,7-10H2,1-2H3,(H,28,32)/t11-,12-,13-,16+,17-,18?,19?,20+,21+,22+,24?/m0/s1. The molecule has 3 saturated heterocycles. The number of alkyl halides is 1. The molecule has 0 saturated carbocycles. The second kappa shape index (κ2) is 11.6. The maximum atomic E-state index is 14.4. The summed E-state index contributed by atoms with van der Waals surface area (Å²) < 4.78 is 26.3. The molecule has 1 aromatic rings. The number of carbonyl (C=O) groups excluding carboxylic acids is 1. The van der Waals surface area contributed by atoms with Gasteiger partial charge in [0.05, 0.1) is 17.5 Å². The van der Waals surface area contributed by atoms with Gasteiger partial charge in [0.15, 0.2) is 0 Å². The summed E-state index contributed by atoms with van der Waals surface area (Å²) in [5.74, 6) is -0.541. The molecule has 0 bridgehead atoms. The number of fused-ring (bicyclic) bond motifs is 1. The Morgan fingerprint density at radius 3 is 2.69 bits per heavy atom. The molecular weight excluding hydrogens is 499 g/mol. The molecule has 3 unspecified atom stereocenters. The minimum absolute atomic E-state index is 0.00704. The summed E-state index contributed by atoms with van der Waals surface area (Å²) in [6, 6.07) is 5.31. The molecule has 3 aliphatic heterocycles. The minimum Gasteiger partial charge on any atom is -0.388 e. The normalized spacial score (nSPS) is 39.3. The monoisotopic (exact) mass is 532 g/mol. The van der Waals surface area contributed by atoms with Crippen LogP contribution in [0.15, 0.2) is 24.3 Å². The molecule has 0 aliphatic carbocycles. The third-order valence-corrected chi connectivity index (χ3v) is 8.51. The molecule has 196 valence electrons. The number of hydrogen-bond acceptors (Lipinski definition) is 8. The molecule has 3 fully saturated rings. The third-order valence-electron chi connectivity index (χ3n) is 7.38.